The van der Waals surface area contributed by atoms with E-state index in [2.05, 4.69) is 15.0 Å². The van der Waals surface area contributed by atoms with E-state index in [1.165, 1.54) is 0 Å². The van der Waals surface area contributed by atoms with Crippen molar-refractivity contribution in [2.75, 3.05) is 0 Å². The van der Waals surface area contributed by atoms with E-state index in [1.807, 2.05) is 35.0 Å². The molecule has 2 heterocycles. The number of aliphatic imine (C=N–C) groups is 2. The second kappa shape index (κ2) is 3.16. The second-order valence-corrected chi connectivity index (χ2v) is 3.14. The highest BCUT2D eigenvalue weighted by Crippen LogP contribution is 2.21. The Bertz CT molecular complexity index is 590. The third kappa shape index (κ3) is 1.27. The summed E-state index contributed by atoms with van der Waals surface area (Å²) in [4.78, 5) is 12.6. The van der Waals surface area contributed by atoms with E-state index in [9.17, 15) is 0 Å². The second-order valence-electron chi connectivity index (χ2n) is 3.14. The lowest BCUT2D eigenvalue weighted by molar-refractivity contribution is 1.14. The van der Waals surface area contributed by atoms with Crippen molar-refractivity contribution >= 4 is 35.6 Å². The van der Waals surface area contributed by atoms with Gasteiger partial charge in [0, 0.05) is 24.8 Å². The van der Waals surface area contributed by atoms with Crippen LogP contribution < -0.4 is 0 Å². The first-order valence-corrected chi connectivity index (χ1v) is 4.64. The third-order valence-corrected chi connectivity index (χ3v) is 2.22. The molecule has 0 saturated carbocycles. The molecule has 3 rings (SSSR count). The fourth-order valence-electron chi connectivity index (χ4n) is 1.56. The van der Waals surface area contributed by atoms with Crippen LogP contribution in [0, 0.1) is 0 Å². The number of aromatic nitrogens is 2. The molecule has 72 valence electrons. The maximum atomic E-state index is 4.41. The number of imidazole rings is 1. The molecule has 1 aliphatic heterocycles. The Hall–Kier alpha value is -2.23. The molecular formula is C11H8N4. The Labute approximate surface area is 86.3 Å². The topological polar surface area (TPSA) is 42.5 Å². The van der Waals surface area contributed by atoms with E-state index in [0.29, 0.717) is 5.95 Å². The lowest BCUT2D eigenvalue weighted by Crippen LogP contribution is -1.88. The van der Waals surface area contributed by atoms with Gasteiger partial charge in [-0.3, -0.25) is 9.56 Å². The van der Waals surface area contributed by atoms with E-state index in [1.54, 1.807) is 18.6 Å². The first-order chi connectivity index (χ1) is 7.45. The van der Waals surface area contributed by atoms with Crippen LogP contribution in [0.25, 0.3) is 17.2 Å². The van der Waals surface area contributed by atoms with Crippen LogP contribution in [0.5, 0.6) is 0 Å². The Morgan fingerprint density at radius 3 is 3.00 bits per heavy atom. The van der Waals surface area contributed by atoms with Crippen LogP contribution in [-0.4, -0.2) is 22.0 Å². The van der Waals surface area contributed by atoms with Crippen molar-refractivity contribution in [1.29, 1.82) is 0 Å². The van der Waals surface area contributed by atoms with Gasteiger partial charge in [0.15, 0.2) is 0 Å². The Morgan fingerprint density at radius 2 is 2.00 bits per heavy atom. The van der Waals surface area contributed by atoms with Crippen LogP contribution in [0.3, 0.4) is 0 Å². The fraction of sp³-hybridized carbons (Fsp3) is 0. The van der Waals surface area contributed by atoms with Gasteiger partial charge in [0.25, 0.3) is 0 Å². The summed E-state index contributed by atoms with van der Waals surface area (Å²) in [5.74, 6) is 0.679. The number of rotatable bonds is 0. The molecule has 1 aliphatic rings. The van der Waals surface area contributed by atoms with Crippen LogP contribution in [0.15, 0.2) is 40.5 Å². The summed E-state index contributed by atoms with van der Waals surface area (Å²) in [6.07, 6.45) is 6.86. The number of para-hydroxylation sites is 2. The standard InChI is InChI=1S/C11H8N4/c1-2-4-10-9(3-1)14-11-13-6-5-12-7-8-15(10)11/h1-8H. The molecule has 15 heavy (non-hydrogen) atoms. The van der Waals surface area contributed by atoms with Crippen LogP contribution in [-0.2, 0) is 0 Å². The summed E-state index contributed by atoms with van der Waals surface area (Å²) in [5.41, 5.74) is 1.98. The molecule has 4 nitrogen and oxygen atoms in total. The quantitative estimate of drug-likeness (QED) is 0.637. The maximum Gasteiger partial charge on any atom is 0.234 e. The first kappa shape index (κ1) is 8.11. The number of nitrogens with zero attached hydrogens (tertiary/aromatic N) is 4. The molecule has 0 saturated heterocycles. The van der Waals surface area contributed by atoms with Gasteiger partial charge in [-0.25, -0.2) is 9.98 Å². The van der Waals surface area contributed by atoms with Crippen molar-refractivity contribution in [2.45, 2.75) is 0 Å². The highest BCUT2D eigenvalue weighted by molar-refractivity contribution is 6.17. The van der Waals surface area contributed by atoms with Gasteiger partial charge in [-0.2, -0.15) is 0 Å². The van der Waals surface area contributed by atoms with E-state index in [4.69, 9.17) is 0 Å². The Kier molecular flexibility index (Phi) is 1.71. The minimum absolute atomic E-state index is 0.679. The summed E-state index contributed by atoms with van der Waals surface area (Å²) in [5, 5.41) is 0. The minimum atomic E-state index is 0.679. The average Bonchev–Trinajstić information content (AvgIpc) is 2.55. The molecule has 0 fully saturated rings. The van der Waals surface area contributed by atoms with Crippen molar-refractivity contribution in [3.63, 3.8) is 0 Å². The molecule has 0 unspecified atom stereocenters. The SMILES string of the molecule is C1=Cn2c(nc3ccccc32)N=CC=N1. The highest BCUT2D eigenvalue weighted by atomic mass is 15.2. The van der Waals surface area contributed by atoms with E-state index in [0.717, 1.165) is 11.0 Å². The van der Waals surface area contributed by atoms with E-state index < -0.39 is 0 Å². The molecule has 1 aromatic carbocycles. The van der Waals surface area contributed by atoms with Gasteiger partial charge in [-0.05, 0) is 12.1 Å². The van der Waals surface area contributed by atoms with Crippen molar-refractivity contribution in [1.82, 2.24) is 9.55 Å². The van der Waals surface area contributed by atoms with Crippen molar-refractivity contribution in [3.05, 3.63) is 30.5 Å². The van der Waals surface area contributed by atoms with E-state index in [-0.39, 0.29) is 0 Å². The monoisotopic (exact) mass is 196 g/mol. The molecular weight excluding hydrogens is 188 g/mol. The predicted octanol–water partition coefficient (Wildman–Crippen LogP) is 2.25. The first-order valence-electron chi connectivity index (χ1n) is 4.64. The minimum Gasteiger partial charge on any atom is -0.282 e. The molecule has 0 spiro atoms. The summed E-state index contributed by atoms with van der Waals surface area (Å²) in [7, 11) is 0. The van der Waals surface area contributed by atoms with Crippen molar-refractivity contribution in [2.24, 2.45) is 9.98 Å². The lowest BCUT2D eigenvalue weighted by atomic mass is 10.3. The molecule has 4 heteroatoms. The van der Waals surface area contributed by atoms with Gasteiger partial charge in [0.05, 0.1) is 11.0 Å². The smallest absolute Gasteiger partial charge is 0.234 e. The molecule has 0 amide bonds. The molecule has 0 bridgehead atoms. The average molecular weight is 196 g/mol. The molecule has 0 N–H and O–H groups in total. The van der Waals surface area contributed by atoms with Crippen LogP contribution in [0.1, 0.15) is 0 Å². The summed E-state index contributed by atoms with van der Waals surface area (Å²) < 4.78 is 1.92. The van der Waals surface area contributed by atoms with E-state index >= 15 is 0 Å². The van der Waals surface area contributed by atoms with Gasteiger partial charge in [0.1, 0.15) is 0 Å². The predicted molar refractivity (Wildman–Crippen MR) is 61.7 cm³/mol. The zero-order valence-electron chi connectivity index (χ0n) is 7.91. The molecule has 1 aromatic heterocycles. The van der Waals surface area contributed by atoms with Crippen LogP contribution >= 0.6 is 0 Å². The third-order valence-electron chi connectivity index (χ3n) is 2.22. The maximum absolute atomic E-state index is 4.41. The zero-order valence-corrected chi connectivity index (χ0v) is 7.91. The lowest BCUT2D eigenvalue weighted by Gasteiger charge is -1.98. The van der Waals surface area contributed by atoms with Gasteiger partial charge < -0.3 is 0 Å². The van der Waals surface area contributed by atoms with Crippen LogP contribution in [0.2, 0.25) is 0 Å². The summed E-state index contributed by atoms with van der Waals surface area (Å²) in [6.45, 7) is 0. The van der Waals surface area contributed by atoms with Gasteiger partial charge in [0.2, 0.25) is 5.95 Å². The van der Waals surface area contributed by atoms with Crippen molar-refractivity contribution < 1.29 is 0 Å². The number of hydrogen-bond donors (Lipinski definition) is 0. The number of benzene rings is 1. The highest BCUT2D eigenvalue weighted by Gasteiger charge is 2.06. The van der Waals surface area contributed by atoms with Crippen molar-refractivity contribution in [3.8, 4) is 0 Å². The van der Waals surface area contributed by atoms with Gasteiger partial charge in [-0.1, -0.05) is 12.1 Å². The number of hydrogen-bond acceptors (Lipinski definition) is 3. The Morgan fingerprint density at radius 1 is 1.07 bits per heavy atom. The molecule has 2 aromatic rings. The zero-order chi connectivity index (χ0) is 10.1. The summed E-state index contributed by atoms with van der Waals surface area (Å²) in [6, 6.07) is 7.93. The molecule has 0 radical (unpaired) electrons. The normalized spacial score (nSPS) is 13.9. The fourth-order valence-corrected chi connectivity index (χ4v) is 1.56. The van der Waals surface area contributed by atoms with Gasteiger partial charge >= 0.3 is 0 Å². The Balaban J connectivity index is 2.36. The summed E-state index contributed by atoms with van der Waals surface area (Å²) >= 11 is 0. The largest absolute Gasteiger partial charge is 0.282 e. The number of fused-ring (bicyclic) bond motifs is 3. The molecule has 0 aliphatic carbocycles. The molecule has 0 atom stereocenters. The van der Waals surface area contributed by atoms with Crippen LogP contribution in [0.4, 0.5) is 5.95 Å². The van der Waals surface area contributed by atoms with Gasteiger partial charge in [-0.15, -0.1) is 0 Å².